The van der Waals surface area contributed by atoms with Crippen molar-refractivity contribution in [1.82, 2.24) is 0 Å². The molecule has 0 radical (unpaired) electrons. The lowest BCUT2D eigenvalue weighted by Gasteiger charge is -2.16. The zero-order valence-electron chi connectivity index (χ0n) is 13.1. The number of carbonyl (C=O) groups is 2. The van der Waals surface area contributed by atoms with E-state index >= 15 is 0 Å². The molecule has 2 aromatic rings. The summed E-state index contributed by atoms with van der Waals surface area (Å²) in [6, 6.07) is 10.7. The van der Waals surface area contributed by atoms with Crippen LogP contribution in [0.5, 0.6) is 0 Å². The zero-order chi connectivity index (χ0) is 16.4. The van der Waals surface area contributed by atoms with Crippen LogP contribution in [-0.4, -0.2) is 17.0 Å². The number of benzene rings is 2. The summed E-state index contributed by atoms with van der Waals surface area (Å²) in [4.78, 5) is 23.8. The van der Waals surface area contributed by atoms with E-state index in [0.29, 0.717) is 11.3 Å². The van der Waals surface area contributed by atoms with Crippen molar-refractivity contribution in [2.24, 2.45) is 0 Å². The van der Waals surface area contributed by atoms with E-state index in [1.54, 1.807) is 12.1 Å². The highest BCUT2D eigenvalue weighted by atomic mass is 16.4. The highest BCUT2D eigenvalue weighted by Gasteiger charge is 2.16. The summed E-state index contributed by atoms with van der Waals surface area (Å²) >= 11 is 0. The molecule has 4 nitrogen and oxygen atoms in total. The standard InChI is InChI=1S/C19H19NO3/c1-12-6-9-16(19(22)23)17(10-12)20-18(21)15-8-7-13-4-2-3-5-14(13)11-15/h6-11H,2-5H2,1H3,(H,20,21)(H,22,23). The Balaban J connectivity index is 1.87. The van der Waals surface area contributed by atoms with Crippen molar-refractivity contribution < 1.29 is 14.7 Å². The van der Waals surface area contributed by atoms with Gasteiger partial charge in [0.15, 0.2) is 0 Å². The van der Waals surface area contributed by atoms with Crippen LogP contribution < -0.4 is 5.32 Å². The van der Waals surface area contributed by atoms with E-state index in [2.05, 4.69) is 5.32 Å². The minimum atomic E-state index is -1.05. The molecule has 4 heteroatoms. The van der Waals surface area contributed by atoms with E-state index in [1.165, 1.54) is 23.6 Å². The maximum absolute atomic E-state index is 12.5. The summed E-state index contributed by atoms with van der Waals surface area (Å²) in [5.74, 6) is -1.32. The number of fused-ring (bicyclic) bond motifs is 1. The fraction of sp³-hybridized carbons (Fsp3) is 0.263. The summed E-state index contributed by atoms with van der Waals surface area (Å²) < 4.78 is 0. The zero-order valence-corrected chi connectivity index (χ0v) is 13.1. The molecule has 0 heterocycles. The third-order valence-corrected chi connectivity index (χ3v) is 4.26. The maximum Gasteiger partial charge on any atom is 0.337 e. The highest BCUT2D eigenvalue weighted by Crippen LogP contribution is 2.23. The molecule has 0 spiro atoms. The van der Waals surface area contributed by atoms with Crippen LogP contribution in [0, 0.1) is 6.92 Å². The third kappa shape index (κ3) is 3.26. The van der Waals surface area contributed by atoms with E-state index in [9.17, 15) is 14.7 Å². The van der Waals surface area contributed by atoms with E-state index in [1.807, 2.05) is 25.1 Å². The second-order valence-corrected chi connectivity index (χ2v) is 6.00. The van der Waals surface area contributed by atoms with Gasteiger partial charge < -0.3 is 10.4 Å². The number of carboxylic acids is 1. The average molecular weight is 309 g/mol. The number of rotatable bonds is 3. The van der Waals surface area contributed by atoms with Crippen LogP contribution in [0.25, 0.3) is 0 Å². The van der Waals surface area contributed by atoms with Gasteiger partial charge in [0.05, 0.1) is 11.3 Å². The number of amides is 1. The van der Waals surface area contributed by atoms with Gasteiger partial charge in [-0.15, -0.1) is 0 Å². The normalized spacial score (nSPS) is 13.3. The minimum Gasteiger partial charge on any atom is -0.478 e. The Morgan fingerprint density at radius 1 is 1.00 bits per heavy atom. The number of aryl methyl sites for hydroxylation is 3. The van der Waals surface area contributed by atoms with E-state index in [-0.39, 0.29) is 11.5 Å². The van der Waals surface area contributed by atoms with Gasteiger partial charge in [0.2, 0.25) is 0 Å². The first-order chi connectivity index (χ1) is 11.0. The van der Waals surface area contributed by atoms with Crippen molar-refractivity contribution in [1.29, 1.82) is 0 Å². The van der Waals surface area contributed by atoms with Crippen LogP contribution in [0.1, 0.15) is 50.2 Å². The first-order valence-electron chi connectivity index (χ1n) is 7.82. The quantitative estimate of drug-likeness (QED) is 0.905. The van der Waals surface area contributed by atoms with Gasteiger partial charge in [0.1, 0.15) is 0 Å². The Bertz CT molecular complexity index is 780. The third-order valence-electron chi connectivity index (χ3n) is 4.26. The van der Waals surface area contributed by atoms with E-state index in [4.69, 9.17) is 0 Å². The second kappa shape index (κ2) is 6.24. The Morgan fingerprint density at radius 3 is 2.48 bits per heavy atom. The Hall–Kier alpha value is -2.62. The van der Waals surface area contributed by atoms with Crippen molar-refractivity contribution >= 4 is 17.6 Å². The highest BCUT2D eigenvalue weighted by molar-refractivity contribution is 6.07. The fourth-order valence-corrected chi connectivity index (χ4v) is 3.02. The smallest absolute Gasteiger partial charge is 0.337 e. The summed E-state index contributed by atoms with van der Waals surface area (Å²) in [5, 5.41) is 12.0. The van der Waals surface area contributed by atoms with Crippen LogP contribution in [0.2, 0.25) is 0 Å². The lowest BCUT2D eigenvalue weighted by molar-refractivity contribution is 0.0698. The molecule has 2 aromatic carbocycles. The Kier molecular flexibility index (Phi) is 4.15. The monoisotopic (exact) mass is 309 g/mol. The van der Waals surface area contributed by atoms with E-state index in [0.717, 1.165) is 24.8 Å². The Morgan fingerprint density at radius 2 is 1.74 bits per heavy atom. The number of anilines is 1. The van der Waals surface area contributed by atoms with E-state index < -0.39 is 5.97 Å². The van der Waals surface area contributed by atoms with Crippen LogP contribution in [-0.2, 0) is 12.8 Å². The van der Waals surface area contributed by atoms with Crippen LogP contribution in [0.4, 0.5) is 5.69 Å². The van der Waals surface area contributed by atoms with Gasteiger partial charge in [0, 0.05) is 5.56 Å². The van der Waals surface area contributed by atoms with Gasteiger partial charge >= 0.3 is 5.97 Å². The molecule has 0 saturated heterocycles. The number of carbonyl (C=O) groups excluding carboxylic acids is 1. The van der Waals surface area contributed by atoms with Crippen LogP contribution in [0.15, 0.2) is 36.4 Å². The van der Waals surface area contributed by atoms with Crippen molar-refractivity contribution in [2.75, 3.05) is 5.32 Å². The lowest BCUT2D eigenvalue weighted by Crippen LogP contribution is -2.16. The SMILES string of the molecule is Cc1ccc(C(=O)O)c(NC(=O)c2ccc3c(c2)CCCC3)c1. The second-order valence-electron chi connectivity index (χ2n) is 6.00. The molecule has 1 amide bonds. The molecule has 3 rings (SSSR count). The molecule has 23 heavy (non-hydrogen) atoms. The first-order valence-corrected chi connectivity index (χ1v) is 7.82. The number of hydrogen-bond acceptors (Lipinski definition) is 2. The topological polar surface area (TPSA) is 66.4 Å². The largest absolute Gasteiger partial charge is 0.478 e. The summed E-state index contributed by atoms with van der Waals surface area (Å²) in [5.41, 5.74) is 4.45. The Labute approximate surface area is 135 Å². The van der Waals surface area contributed by atoms with Gasteiger partial charge in [-0.05, 0) is 73.6 Å². The number of aromatic carboxylic acids is 1. The average Bonchev–Trinajstić information content (AvgIpc) is 2.54. The molecule has 0 saturated carbocycles. The number of carboxylic acid groups (broad SMARTS) is 1. The number of nitrogens with one attached hydrogen (secondary N) is 1. The van der Waals surface area contributed by atoms with Crippen molar-refractivity contribution in [3.63, 3.8) is 0 Å². The van der Waals surface area contributed by atoms with Gasteiger partial charge in [0.25, 0.3) is 5.91 Å². The van der Waals surface area contributed by atoms with Gasteiger partial charge in [-0.2, -0.15) is 0 Å². The summed E-state index contributed by atoms with van der Waals surface area (Å²) in [7, 11) is 0. The molecule has 0 aliphatic heterocycles. The molecular weight excluding hydrogens is 290 g/mol. The summed E-state index contributed by atoms with van der Waals surface area (Å²) in [6.45, 7) is 1.86. The fourth-order valence-electron chi connectivity index (χ4n) is 3.02. The minimum absolute atomic E-state index is 0.0990. The molecule has 1 aliphatic rings. The predicted octanol–water partition coefficient (Wildman–Crippen LogP) is 3.82. The maximum atomic E-state index is 12.5. The van der Waals surface area contributed by atoms with Crippen LogP contribution >= 0.6 is 0 Å². The lowest BCUT2D eigenvalue weighted by atomic mass is 9.90. The molecule has 1 aliphatic carbocycles. The first kappa shape index (κ1) is 15.3. The molecule has 0 aromatic heterocycles. The van der Waals surface area contributed by atoms with Gasteiger partial charge in [-0.3, -0.25) is 4.79 Å². The molecule has 0 fully saturated rings. The van der Waals surface area contributed by atoms with Crippen molar-refractivity contribution in [3.8, 4) is 0 Å². The van der Waals surface area contributed by atoms with Crippen molar-refractivity contribution in [3.05, 3.63) is 64.2 Å². The molecule has 0 unspecified atom stereocenters. The summed E-state index contributed by atoms with van der Waals surface area (Å²) in [6.07, 6.45) is 4.42. The van der Waals surface area contributed by atoms with Crippen LogP contribution in [0.3, 0.4) is 0 Å². The molecule has 2 N–H and O–H groups in total. The molecular formula is C19H19NO3. The number of hydrogen-bond donors (Lipinski definition) is 2. The molecule has 0 bridgehead atoms. The molecule has 118 valence electrons. The van der Waals surface area contributed by atoms with Gasteiger partial charge in [-0.25, -0.2) is 4.79 Å². The molecule has 0 atom stereocenters. The predicted molar refractivity (Wildman–Crippen MR) is 89.2 cm³/mol. The van der Waals surface area contributed by atoms with Crippen molar-refractivity contribution in [2.45, 2.75) is 32.6 Å². The van der Waals surface area contributed by atoms with Gasteiger partial charge in [-0.1, -0.05) is 12.1 Å².